The molecule has 0 aromatic carbocycles. The minimum Gasteiger partial charge on any atom is -1.00 e. The van der Waals surface area contributed by atoms with Crippen LogP contribution in [0.15, 0.2) is 0 Å². The van der Waals surface area contributed by atoms with Crippen molar-refractivity contribution in [2.75, 3.05) is 39.6 Å². The molecule has 0 N–H and O–H groups in total. The number of hydrogen-bond donors (Lipinski definition) is 0. The zero-order valence-corrected chi connectivity index (χ0v) is 44.4. The molecule has 3 aliphatic rings. The summed E-state index contributed by atoms with van der Waals surface area (Å²) in [6, 6.07) is 0. The monoisotopic (exact) mass is 877 g/mol. The second kappa shape index (κ2) is 30.7. The van der Waals surface area contributed by atoms with Gasteiger partial charge in [-0.2, -0.15) is 0 Å². The van der Waals surface area contributed by atoms with Gasteiger partial charge in [-0.3, -0.25) is 0 Å². The van der Waals surface area contributed by atoms with E-state index in [1.54, 1.807) is 0 Å². The van der Waals surface area contributed by atoms with E-state index in [0.717, 1.165) is 39.6 Å². The third-order valence-electron chi connectivity index (χ3n) is 4.49. The van der Waals surface area contributed by atoms with E-state index in [2.05, 4.69) is 118 Å². The molecule has 0 aliphatic carbocycles. The van der Waals surface area contributed by atoms with Gasteiger partial charge in [-0.25, -0.2) is 0 Å². The summed E-state index contributed by atoms with van der Waals surface area (Å²) in [5.41, 5.74) is 0. The van der Waals surface area contributed by atoms with Gasteiger partial charge in [0, 0.05) is 39.6 Å². The standard InChI is InChI=1S/3C6H18NSi2.3C4H8O.ClH.La.Li/c3*1-8(2,3)7-9(4,5)6;3*1-2-4-5-3-1;;;/h3*1-6H3;3*1-4H2;1H;;/q3*-1;;;;;+3;+1/p-1. The van der Waals surface area contributed by atoms with Crippen LogP contribution in [0.2, 0.25) is 118 Å². The van der Waals surface area contributed by atoms with Crippen molar-refractivity contribution in [3.05, 3.63) is 13.9 Å². The Morgan fingerprint density at radius 3 is 0.444 bits per heavy atom. The molecule has 3 fully saturated rings. The summed E-state index contributed by atoms with van der Waals surface area (Å²) in [6.45, 7) is 47.3. The normalized spacial score (nSPS) is 16.4. The molecule has 3 rings (SSSR count). The van der Waals surface area contributed by atoms with E-state index in [4.69, 9.17) is 28.2 Å². The van der Waals surface area contributed by atoms with Gasteiger partial charge in [-0.1, -0.05) is 167 Å². The molecule has 0 spiro atoms. The maximum absolute atomic E-state index is 4.94. The molecule has 0 unspecified atom stereocenters. The second-order valence-electron chi connectivity index (χ2n) is 17.3. The van der Waals surface area contributed by atoms with E-state index in [9.17, 15) is 0 Å². The molecule has 0 amide bonds. The fourth-order valence-corrected chi connectivity index (χ4v) is 28.7. The molecular formula is C30H78ClLaLiN3O3Si6. The Balaban J connectivity index is -0.000000102. The summed E-state index contributed by atoms with van der Waals surface area (Å²) in [5.74, 6) is 0. The van der Waals surface area contributed by atoms with Crippen molar-refractivity contribution in [2.45, 2.75) is 156 Å². The van der Waals surface area contributed by atoms with Crippen molar-refractivity contribution in [1.82, 2.24) is 0 Å². The Bertz CT molecular complexity index is 483. The van der Waals surface area contributed by atoms with E-state index in [0.29, 0.717) is 0 Å². The first-order chi connectivity index (χ1) is 18.6. The number of rotatable bonds is 6. The Hall–Kier alpha value is 3.14. The van der Waals surface area contributed by atoms with E-state index >= 15 is 0 Å². The Labute approximate surface area is 337 Å². The van der Waals surface area contributed by atoms with Crippen LogP contribution in [0.5, 0.6) is 0 Å². The topological polar surface area (TPSA) is 70.0 Å². The molecule has 0 bridgehead atoms. The van der Waals surface area contributed by atoms with E-state index < -0.39 is 49.4 Å². The van der Waals surface area contributed by atoms with Gasteiger partial charge in [0.2, 0.25) is 0 Å². The van der Waals surface area contributed by atoms with Crippen molar-refractivity contribution >= 4 is 49.4 Å². The van der Waals surface area contributed by atoms with Crippen LogP contribution >= 0.6 is 0 Å². The fourth-order valence-electron chi connectivity index (χ4n) is 4.55. The first-order valence-electron chi connectivity index (χ1n) is 16.6. The maximum atomic E-state index is 4.94. The van der Waals surface area contributed by atoms with Crippen molar-refractivity contribution in [2.24, 2.45) is 0 Å². The molecule has 6 nitrogen and oxygen atoms in total. The van der Waals surface area contributed by atoms with Gasteiger partial charge in [-0.05, 0) is 38.5 Å². The van der Waals surface area contributed by atoms with Gasteiger partial charge >= 0.3 is 54.5 Å². The van der Waals surface area contributed by atoms with Gasteiger partial charge in [-0.15, -0.1) is 0 Å². The van der Waals surface area contributed by atoms with E-state index in [1.807, 2.05) is 0 Å². The van der Waals surface area contributed by atoms with Gasteiger partial charge < -0.3 is 40.6 Å². The van der Waals surface area contributed by atoms with Gasteiger partial charge in [0.15, 0.2) is 0 Å². The van der Waals surface area contributed by atoms with E-state index in [1.165, 1.54) is 38.5 Å². The van der Waals surface area contributed by atoms with Crippen molar-refractivity contribution in [1.29, 1.82) is 0 Å². The molecule has 0 radical (unpaired) electrons. The molecule has 266 valence electrons. The molecule has 0 atom stereocenters. The third kappa shape index (κ3) is 73.5. The van der Waals surface area contributed by atoms with Gasteiger partial charge in [0.1, 0.15) is 0 Å². The molecule has 3 aliphatic heterocycles. The predicted octanol–water partition coefficient (Wildman–Crippen LogP) is 5.49. The molecule has 0 saturated carbocycles. The SMILES string of the molecule is C1CCOC1.C1CCOC1.C1CCOC1.C[Si](C)(C)[N-][Si](C)(C)C.C[Si](C)(C)[N-][Si](C)(C)C.C[Si](C)(C)[N-][Si](C)(C)C.[Cl-].[La+3].[Li+]. The van der Waals surface area contributed by atoms with Crippen molar-refractivity contribution < 1.29 is 81.1 Å². The largest absolute Gasteiger partial charge is 3.00 e. The van der Waals surface area contributed by atoms with Crippen molar-refractivity contribution in [3.63, 3.8) is 0 Å². The van der Waals surface area contributed by atoms with Crippen LogP contribution in [0.3, 0.4) is 0 Å². The van der Waals surface area contributed by atoms with Crippen LogP contribution < -0.4 is 31.3 Å². The number of nitrogens with zero attached hydrogens (tertiary/aromatic N) is 3. The molecule has 0 aromatic heterocycles. The van der Waals surface area contributed by atoms with Crippen LogP contribution in [-0.2, 0) is 14.2 Å². The molecule has 0 aromatic rings. The van der Waals surface area contributed by atoms with Crippen molar-refractivity contribution in [3.8, 4) is 0 Å². The van der Waals surface area contributed by atoms with Gasteiger partial charge in [0.05, 0.1) is 0 Å². The maximum Gasteiger partial charge on any atom is 3.00 e. The van der Waals surface area contributed by atoms with Crippen LogP contribution in [0, 0.1) is 35.6 Å². The summed E-state index contributed by atoms with van der Waals surface area (Å²) in [7, 11) is -6.64. The van der Waals surface area contributed by atoms with Crippen LogP contribution in [-0.4, -0.2) is 89.1 Å². The summed E-state index contributed by atoms with van der Waals surface area (Å²) in [6.07, 6.45) is 7.67. The van der Waals surface area contributed by atoms with Crippen LogP contribution in [0.25, 0.3) is 13.9 Å². The quantitative estimate of drug-likeness (QED) is 0.332. The Morgan fingerprint density at radius 1 is 0.311 bits per heavy atom. The molecule has 15 heteroatoms. The minimum absolute atomic E-state index is 0. The third-order valence-corrected chi connectivity index (χ3v) is 20.6. The fraction of sp³-hybridized carbons (Fsp3) is 1.00. The molecule has 3 heterocycles. The smallest absolute Gasteiger partial charge is 1.00 e. The van der Waals surface area contributed by atoms with Crippen LogP contribution in [0.4, 0.5) is 0 Å². The predicted molar refractivity (Wildman–Crippen MR) is 210 cm³/mol. The molecule has 3 saturated heterocycles. The Kier molecular flexibility index (Phi) is 41.2. The first kappa shape index (κ1) is 60.2. The summed E-state index contributed by atoms with van der Waals surface area (Å²) in [4.78, 5) is 0. The second-order valence-corrected chi connectivity index (χ2v) is 46.1. The zero-order chi connectivity index (χ0) is 33.7. The average molecular weight is 879 g/mol. The average Bonchev–Trinajstić information content (AvgIpc) is 3.49. The summed E-state index contributed by atoms with van der Waals surface area (Å²) in [5, 5.41) is 0. The molecular weight excluding hydrogens is 800 g/mol. The van der Waals surface area contributed by atoms with Gasteiger partial charge in [0.25, 0.3) is 0 Å². The Morgan fingerprint density at radius 2 is 0.422 bits per heavy atom. The number of ether oxygens (including phenoxy) is 3. The number of hydrogen-bond acceptors (Lipinski definition) is 3. The van der Waals surface area contributed by atoms with E-state index in [-0.39, 0.29) is 66.9 Å². The zero-order valence-electron chi connectivity index (χ0n) is 34.0. The summed E-state index contributed by atoms with van der Waals surface area (Å²) < 4.78 is 29.3. The van der Waals surface area contributed by atoms with Crippen LogP contribution in [0.1, 0.15) is 38.5 Å². The minimum atomic E-state index is -1.11. The first-order valence-corrected chi connectivity index (χ1v) is 37.3. The number of halogens is 1. The molecule has 45 heavy (non-hydrogen) atoms. The summed E-state index contributed by atoms with van der Waals surface area (Å²) >= 11 is 0.